The van der Waals surface area contributed by atoms with Gasteiger partial charge in [0.15, 0.2) is 0 Å². The maximum Gasteiger partial charge on any atom is 0.125 e. The Morgan fingerprint density at radius 1 is 0.750 bits per heavy atom. The van der Waals surface area contributed by atoms with Crippen LogP contribution in [0.5, 0.6) is 0 Å². The first-order chi connectivity index (χ1) is 13.7. The highest BCUT2D eigenvalue weighted by molar-refractivity contribution is 7.26. The predicted molar refractivity (Wildman–Crippen MR) is 123 cm³/mol. The molecule has 134 valence electrons. The van der Waals surface area contributed by atoms with E-state index in [4.69, 9.17) is 4.98 Å². The van der Waals surface area contributed by atoms with Crippen LogP contribution in [0.15, 0.2) is 60.8 Å². The van der Waals surface area contributed by atoms with Crippen molar-refractivity contribution in [3.8, 4) is 11.3 Å². The fraction of sp³-hybridized carbons (Fsp3) is 0.0833. The monoisotopic (exact) mass is 396 g/mol. The van der Waals surface area contributed by atoms with Gasteiger partial charge in [0.25, 0.3) is 0 Å². The smallest absolute Gasteiger partial charge is 0.125 e. The van der Waals surface area contributed by atoms with Crippen molar-refractivity contribution >= 4 is 63.3 Å². The molecule has 4 aromatic heterocycles. The molecule has 0 saturated carbocycles. The molecule has 0 atom stereocenters. The molecule has 0 fully saturated rings. The number of aryl methyl sites for hydroxylation is 2. The van der Waals surface area contributed by atoms with Crippen LogP contribution in [0.1, 0.15) is 11.1 Å². The quantitative estimate of drug-likeness (QED) is 0.288. The Balaban J connectivity index is 1.60. The van der Waals surface area contributed by atoms with Crippen molar-refractivity contribution in [1.82, 2.24) is 9.97 Å². The summed E-state index contributed by atoms with van der Waals surface area (Å²) in [7, 11) is 0. The van der Waals surface area contributed by atoms with E-state index in [1.54, 1.807) is 22.7 Å². The number of pyridine rings is 2. The third-order valence-corrected chi connectivity index (χ3v) is 7.65. The average Bonchev–Trinajstić information content (AvgIpc) is 3.25. The number of rotatable bonds is 1. The predicted octanol–water partition coefficient (Wildman–Crippen LogP) is 7.50. The molecule has 0 spiro atoms. The summed E-state index contributed by atoms with van der Waals surface area (Å²) in [6.45, 7) is 4.32. The van der Waals surface area contributed by atoms with E-state index >= 15 is 0 Å². The van der Waals surface area contributed by atoms with Gasteiger partial charge in [0.2, 0.25) is 0 Å². The SMILES string of the molecule is Cc1ccc2c(c1)sc1nc(-c3cc(C)c4sc5ncccc5c4c3)ccc12. The lowest BCUT2D eigenvalue weighted by Gasteiger charge is -2.05. The van der Waals surface area contributed by atoms with Gasteiger partial charge in [0.05, 0.1) is 5.69 Å². The summed E-state index contributed by atoms with van der Waals surface area (Å²) in [5.74, 6) is 0. The van der Waals surface area contributed by atoms with Crippen LogP contribution in [-0.4, -0.2) is 9.97 Å². The lowest BCUT2D eigenvalue weighted by molar-refractivity contribution is 1.42. The number of thiophene rings is 2. The highest BCUT2D eigenvalue weighted by atomic mass is 32.1. The van der Waals surface area contributed by atoms with E-state index in [9.17, 15) is 0 Å². The Bertz CT molecular complexity index is 1540. The normalized spacial score (nSPS) is 11.9. The zero-order chi connectivity index (χ0) is 18.8. The van der Waals surface area contributed by atoms with E-state index in [2.05, 4.69) is 67.4 Å². The molecule has 2 nitrogen and oxygen atoms in total. The van der Waals surface area contributed by atoms with Crippen LogP contribution in [0.4, 0.5) is 0 Å². The van der Waals surface area contributed by atoms with Gasteiger partial charge in [0, 0.05) is 42.7 Å². The van der Waals surface area contributed by atoms with Crippen LogP contribution in [-0.2, 0) is 0 Å². The van der Waals surface area contributed by atoms with Gasteiger partial charge in [-0.1, -0.05) is 12.1 Å². The van der Waals surface area contributed by atoms with Crippen molar-refractivity contribution < 1.29 is 0 Å². The second-order valence-corrected chi connectivity index (χ2v) is 9.31. The molecule has 0 radical (unpaired) electrons. The Kier molecular flexibility index (Phi) is 3.37. The molecular weight excluding hydrogens is 380 g/mol. The maximum atomic E-state index is 5.03. The Labute approximate surface area is 170 Å². The molecule has 28 heavy (non-hydrogen) atoms. The van der Waals surface area contributed by atoms with Crippen LogP contribution in [0.3, 0.4) is 0 Å². The summed E-state index contributed by atoms with van der Waals surface area (Å²) in [6.07, 6.45) is 1.87. The number of hydrogen-bond donors (Lipinski definition) is 0. The van der Waals surface area contributed by atoms with Crippen LogP contribution in [0, 0.1) is 13.8 Å². The van der Waals surface area contributed by atoms with Gasteiger partial charge in [-0.3, -0.25) is 0 Å². The van der Waals surface area contributed by atoms with Gasteiger partial charge >= 0.3 is 0 Å². The van der Waals surface area contributed by atoms with E-state index in [-0.39, 0.29) is 0 Å². The van der Waals surface area contributed by atoms with Gasteiger partial charge < -0.3 is 0 Å². The maximum absolute atomic E-state index is 5.03. The van der Waals surface area contributed by atoms with E-state index in [1.807, 2.05) is 12.3 Å². The zero-order valence-electron chi connectivity index (χ0n) is 15.5. The third kappa shape index (κ3) is 2.32. The topological polar surface area (TPSA) is 25.8 Å². The second-order valence-electron chi connectivity index (χ2n) is 7.28. The minimum absolute atomic E-state index is 1.03. The summed E-state index contributed by atoms with van der Waals surface area (Å²) < 4.78 is 2.62. The lowest BCUT2D eigenvalue weighted by Crippen LogP contribution is -1.85. The molecule has 0 aliphatic heterocycles. The minimum Gasteiger partial charge on any atom is -0.245 e. The molecule has 2 aromatic carbocycles. The van der Waals surface area contributed by atoms with Crippen molar-refractivity contribution in [2.75, 3.05) is 0 Å². The zero-order valence-corrected chi connectivity index (χ0v) is 17.1. The first kappa shape index (κ1) is 16.2. The van der Waals surface area contributed by atoms with E-state index < -0.39 is 0 Å². The molecule has 0 unspecified atom stereocenters. The number of nitrogens with zero attached hydrogens (tertiary/aromatic N) is 2. The summed E-state index contributed by atoms with van der Waals surface area (Å²) in [6, 6.07) is 19.7. The summed E-state index contributed by atoms with van der Waals surface area (Å²) in [5, 5.41) is 5.04. The van der Waals surface area contributed by atoms with Gasteiger partial charge in [-0.15, -0.1) is 22.7 Å². The van der Waals surface area contributed by atoms with Crippen molar-refractivity contribution in [3.63, 3.8) is 0 Å². The van der Waals surface area contributed by atoms with Gasteiger partial charge in [0.1, 0.15) is 9.66 Å². The molecule has 0 saturated heterocycles. The summed E-state index contributed by atoms with van der Waals surface area (Å²) in [5.41, 5.74) is 4.77. The molecule has 6 aromatic rings. The Morgan fingerprint density at radius 3 is 2.54 bits per heavy atom. The van der Waals surface area contributed by atoms with Crippen molar-refractivity contribution in [2.45, 2.75) is 13.8 Å². The average molecular weight is 397 g/mol. The Morgan fingerprint density at radius 2 is 1.61 bits per heavy atom. The molecule has 0 N–H and O–H groups in total. The highest BCUT2D eigenvalue weighted by Crippen LogP contribution is 2.39. The van der Waals surface area contributed by atoms with Crippen molar-refractivity contribution in [3.05, 3.63) is 71.9 Å². The van der Waals surface area contributed by atoms with Crippen LogP contribution in [0.2, 0.25) is 0 Å². The molecule has 0 aliphatic carbocycles. The molecule has 4 heterocycles. The lowest BCUT2D eigenvalue weighted by atomic mass is 10.0. The number of hydrogen-bond acceptors (Lipinski definition) is 4. The van der Waals surface area contributed by atoms with Crippen LogP contribution in [0.25, 0.3) is 51.9 Å². The molecule has 6 rings (SSSR count). The fourth-order valence-corrected chi connectivity index (χ4v) is 6.22. The first-order valence-corrected chi connectivity index (χ1v) is 10.9. The number of aromatic nitrogens is 2. The van der Waals surface area contributed by atoms with E-state index in [0.717, 1.165) is 15.4 Å². The van der Waals surface area contributed by atoms with Crippen LogP contribution < -0.4 is 0 Å². The molecular formula is C24H16N2S2. The molecule has 0 bridgehead atoms. The largest absolute Gasteiger partial charge is 0.245 e. The number of fused-ring (bicyclic) bond motifs is 6. The highest BCUT2D eigenvalue weighted by Gasteiger charge is 2.13. The number of benzene rings is 2. The van der Waals surface area contributed by atoms with Crippen LogP contribution >= 0.6 is 22.7 Å². The molecule has 0 aliphatic rings. The van der Waals surface area contributed by atoms with Gasteiger partial charge in [-0.25, -0.2) is 9.97 Å². The Hall–Kier alpha value is -2.82. The fourth-order valence-electron chi connectivity index (χ4n) is 3.96. The molecule has 0 amide bonds. The van der Waals surface area contributed by atoms with Gasteiger partial charge in [-0.05, 0) is 67.4 Å². The second kappa shape index (κ2) is 5.84. The first-order valence-electron chi connectivity index (χ1n) is 9.25. The van der Waals surface area contributed by atoms with Gasteiger partial charge in [-0.2, -0.15) is 0 Å². The van der Waals surface area contributed by atoms with E-state index in [0.29, 0.717) is 0 Å². The summed E-state index contributed by atoms with van der Waals surface area (Å²) in [4.78, 5) is 11.8. The summed E-state index contributed by atoms with van der Waals surface area (Å²) >= 11 is 3.55. The van der Waals surface area contributed by atoms with Crippen molar-refractivity contribution in [1.29, 1.82) is 0 Å². The minimum atomic E-state index is 1.03. The third-order valence-electron chi connectivity index (χ3n) is 5.32. The van der Waals surface area contributed by atoms with E-state index in [1.165, 1.54) is 47.6 Å². The molecule has 4 heteroatoms. The van der Waals surface area contributed by atoms with Crippen molar-refractivity contribution in [2.24, 2.45) is 0 Å². The standard InChI is InChI=1S/C24H16N2S2/c1-13-5-6-16-18-7-8-20(26-24(18)27-21(16)10-13)15-11-14(2)22-19(12-15)17-4-3-9-25-23(17)28-22/h3-12H,1-2H3.